The van der Waals surface area contributed by atoms with Crippen LogP contribution in [0.5, 0.6) is 0 Å². The number of hydrogen-bond acceptors (Lipinski definition) is 4. The third-order valence-electron chi connectivity index (χ3n) is 3.25. The first-order chi connectivity index (χ1) is 9.45. The molecule has 0 aliphatic rings. The van der Waals surface area contributed by atoms with Crippen molar-refractivity contribution in [3.8, 4) is 11.5 Å². The van der Waals surface area contributed by atoms with Gasteiger partial charge in [-0.15, -0.1) is 0 Å². The quantitative estimate of drug-likeness (QED) is 0.682. The number of rotatable bonds is 1. The van der Waals surface area contributed by atoms with Crippen molar-refractivity contribution in [1.82, 2.24) is 10.1 Å². The maximum absolute atomic E-state index is 6.11. The molecule has 3 aromatic rings. The molecule has 4 nitrogen and oxygen atoms in total. The van der Waals surface area contributed by atoms with Gasteiger partial charge in [0.05, 0.1) is 5.56 Å². The molecule has 2 aromatic carbocycles. The highest BCUT2D eigenvalue weighted by Gasteiger charge is 2.22. The van der Waals surface area contributed by atoms with E-state index in [-0.39, 0.29) is 5.41 Å². The number of nitrogens with two attached hydrogens (primary N) is 1. The van der Waals surface area contributed by atoms with Crippen molar-refractivity contribution in [2.75, 3.05) is 5.73 Å². The smallest absolute Gasteiger partial charge is 0.260 e. The molecule has 0 spiro atoms. The maximum Gasteiger partial charge on any atom is 0.260 e. The minimum Gasteiger partial charge on any atom is -0.398 e. The largest absolute Gasteiger partial charge is 0.398 e. The second-order valence-electron chi connectivity index (χ2n) is 5.96. The lowest BCUT2D eigenvalue weighted by molar-refractivity contribution is 0.402. The van der Waals surface area contributed by atoms with E-state index in [1.165, 1.54) is 0 Å². The minimum absolute atomic E-state index is 0.145. The van der Waals surface area contributed by atoms with Crippen LogP contribution in [0, 0.1) is 0 Å². The van der Waals surface area contributed by atoms with Gasteiger partial charge in [0.1, 0.15) is 0 Å². The molecule has 0 aliphatic carbocycles. The van der Waals surface area contributed by atoms with E-state index < -0.39 is 0 Å². The molecule has 0 atom stereocenters. The van der Waals surface area contributed by atoms with Gasteiger partial charge in [0.15, 0.2) is 5.82 Å². The summed E-state index contributed by atoms with van der Waals surface area (Å²) in [6, 6.07) is 12.0. The molecule has 0 radical (unpaired) electrons. The lowest BCUT2D eigenvalue weighted by Gasteiger charge is -2.11. The van der Waals surface area contributed by atoms with Gasteiger partial charge in [0.25, 0.3) is 5.89 Å². The predicted molar refractivity (Wildman–Crippen MR) is 80.4 cm³/mol. The Morgan fingerprint density at radius 3 is 2.30 bits per heavy atom. The second-order valence-corrected chi connectivity index (χ2v) is 5.96. The standard InChI is InChI=1S/C16H17N3O/c1-16(2,3)15-18-14(20-19-15)12-8-10-6-4-5-7-11(10)9-13(12)17/h4-9H,17H2,1-3H3. The molecule has 3 rings (SSSR count). The molecule has 0 unspecified atom stereocenters. The van der Waals surface area contributed by atoms with E-state index in [0.29, 0.717) is 17.4 Å². The third kappa shape index (κ3) is 2.13. The molecule has 2 N–H and O–H groups in total. The summed E-state index contributed by atoms with van der Waals surface area (Å²) in [5.41, 5.74) is 7.39. The van der Waals surface area contributed by atoms with Gasteiger partial charge in [-0.1, -0.05) is 50.2 Å². The Labute approximate surface area is 117 Å². The molecule has 0 amide bonds. The van der Waals surface area contributed by atoms with E-state index in [1.54, 1.807) is 0 Å². The lowest BCUT2D eigenvalue weighted by atomic mass is 9.96. The van der Waals surface area contributed by atoms with Crippen LogP contribution in [-0.2, 0) is 5.41 Å². The number of aromatic nitrogens is 2. The summed E-state index contributed by atoms with van der Waals surface area (Å²) < 4.78 is 5.37. The van der Waals surface area contributed by atoms with Gasteiger partial charge in [-0.3, -0.25) is 0 Å². The van der Waals surface area contributed by atoms with Crippen molar-refractivity contribution in [1.29, 1.82) is 0 Å². The Hall–Kier alpha value is -2.36. The van der Waals surface area contributed by atoms with Crippen LogP contribution in [-0.4, -0.2) is 10.1 Å². The summed E-state index contributed by atoms with van der Waals surface area (Å²) in [5, 5.41) is 6.25. The van der Waals surface area contributed by atoms with E-state index in [9.17, 15) is 0 Å². The molecule has 4 heteroatoms. The molecule has 1 aromatic heterocycles. The van der Waals surface area contributed by atoms with Crippen molar-refractivity contribution in [2.45, 2.75) is 26.2 Å². The van der Waals surface area contributed by atoms with Gasteiger partial charge >= 0.3 is 0 Å². The number of fused-ring (bicyclic) bond motifs is 1. The van der Waals surface area contributed by atoms with E-state index in [4.69, 9.17) is 10.3 Å². The molecule has 0 aliphatic heterocycles. The summed E-state index contributed by atoms with van der Waals surface area (Å²) in [5.74, 6) is 1.15. The fourth-order valence-electron chi connectivity index (χ4n) is 2.08. The van der Waals surface area contributed by atoms with Gasteiger partial charge in [0, 0.05) is 11.1 Å². The lowest BCUT2D eigenvalue weighted by Crippen LogP contribution is -2.13. The summed E-state index contributed by atoms with van der Waals surface area (Å²) in [6.45, 7) is 6.14. The SMILES string of the molecule is CC(C)(C)c1noc(-c2cc3ccccc3cc2N)n1. The summed E-state index contributed by atoms with van der Waals surface area (Å²) in [4.78, 5) is 4.46. The van der Waals surface area contributed by atoms with Crippen LogP contribution < -0.4 is 5.73 Å². The van der Waals surface area contributed by atoms with Crippen molar-refractivity contribution < 1.29 is 4.52 Å². The topological polar surface area (TPSA) is 64.9 Å². The first-order valence-corrected chi connectivity index (χ1v) is 6.58. The molecular formula is C16H17N3O. The molecule has 0 saturated carbocycles. The number of nitrogen functional groups attached to an aromatic ring is 1. The van der Waals surface area contributed by atoms with Crippen molar-refractivity contribution in [2.24, 2.45) is 0 Å². The molecule has 0 bridgehead atoms. The molecule has 0 fully saturated rings. The molecule has 0 saturated heterocycles. The Morgan fingerprint density at radius 1 is 1.05 bits per heavy atom. The molecule has 102 valence electrons. The number of benzene rings is 2. The summed E-state index contributed by atoms with van der Waals surface area (Å²) in [7, 11) is 0. The molecule has 1 heterocycles. The monoisotopic (exact) mass is 267 g/mol. The van der Waals surface area contributed by atoms with Crippen LogP contribution in [0.15, 0.2) is 40.9 Å². The van der Waals surface area contributed by atoms with Crippen LogP contribution >= 0.6 is 0 Å². The Balaban J connectivity index is 2.14. The summed E-state index contributed by atoms with van der Waals surface area (Å²) >= 11 is 0. The van der Waals surface area contributed by atoms with E-state index in [0.717, 1.165) is 16.3 Å². The average Bonchev–Trinajstić information content (AvgIpc) is 2.87. The Kier molecular flexibility index (Phi) is 2.74. The first-order valence-electron chi connectivity index (χ1n) is 6.58. The predicted octanol–water partition coefficient (Wildman–Crippen LogP) is 3.77. The van der Waals surface area contributed by atoms with E-state index in [1.807, 2.05) is 57.2 Å². The average molecular weight is 267 g/mol. The van der Waals surface area contributed by atoms with Crippen LogP contribution in [0.3, 0.4) is 0 Å². The highest BCUT2D eigenvalue weighted by Crippen LogP contribution is 2.31. The van der Waals surface area contributed by atoms with Crippen LogP contribution in [0.2, 0.25) is 0 Å². The van der Waals surface area contributed by atoms with Crippen molar-refractivity contribution in [3.63, 3.8) is 0 Å². The number of hydrogen-bond donors (Lipinski definition) is 1. The zero-order chi connectivity index (χ0) is 14.3. The van der Waals surface area contributed by atoms with Gasteiger partial charge in [-0.25, -0.2) is 0 Å². The van der Waals surface area contributed by atoms with Gasteiger partial charge < -0.3 is 10.3 Å². The number of nitrogens with zero attached hydrogens (tertiary/aromatic N) is 2. The minimum atomic E-state index is -0.145. The first kappa shape index (κ1) is 12.7. The fraction of sp³-hybridized carbons (Fsp3) is 0.250. The highest BCUT2D eigenvalue weighted by molar-refractivity contribution is 5.92. The highest BCUT2D eigenvalue weighted by atomic mass is 16.5. The fourth-order valence-corrected chi connectivity index (χ4v) is 2.08. The molecular weight excluding hydrogens is 250 g/mol. The molecule has 20 heavy (non-hydrogen) atoms. The normalized spacial score (nSPS) is 11.9. The van der Waals surface area contributed by atoms with E-state index >= 15 is 0 Å². The zero-order valence-corrected chi connectivity index (χ0v) is 11.8. The van der Waals surface area contributed by atoms with E-state index in [2.05, 4.69) is 10.1 Å². The second kappa shape index (κ2) is 4.34. The van der Waals surface area contributed by atoms with Crippen LogP contribution in [0.1, 0.15) is 26.6 Å². The van der Waals surface area contributed by atoms with Crippen LogP contribution in [0.25, 0.3) is 22.2 Å². The van der Waals surface area contributed by atoms with Crippen molar-refractivity contribution in [3.05, 3.63) is 42.2 Å². The van der Waals surface area contributed by atoms with Gasteiger partial charge in [-0.05, 0) is 22.9 Å². The summed E-state index contributed by atoms with van der Waals surface area (Å²) in [6.07, 6.45) is 0. The Morgan fingerprint density at radius 2 is 1.70 bits per heavy atom. The van der Waals surface area contributed by atoms with Crippen molar-refractivity contribution >= 4 is 16.5 Å². The third-order valence-corrected chi connectivity index (χ3v) is 3.25. The Bertz CT molecular complexity index is 769. The van der Waals surface area contributed by atoms with Gasteiger partial charge in [0.2, 0.25) is 0 Å². The number of anilines is 1. The van der Waals surface area contributed by atoms with Gasteiger partial charge in [-0.2, -0.15) is 4.98 Å². The van der Waals surface area contributed by atoms with Crippen LogP contribution in [0.4, 0.5) is 5.69 Å². The zero-order valence-electron chi connectivity index (χ0n) is 11.8. The maximum atomic E-state index is 6.11.